The minimum absolute atomic E-state index is 0.00717. The van der Waals surface area contributed by atoms with Crippen molar-refractivity contribution in [1.29, 1.82) is 0 Å². The van der Waals surface area contributed by atoms with Gasteiger partial charge in [-0.25, -0.2) is 0 Å². The van der Waals surface area contributed by atoms with Crippen molar-refractivity contribution in [3.63, 3.8) is 0 Å². The normalized spacial score (nSPS) is 34.2. The van der Waals surface area contributed by atoms with Gasteiger partial charge in [0.25, 0.3) is 12.9 Å². The Hall–Kier alpha value is -1.32. The first-order chi connectivity index (χ1) is 12.3. The molecule has 0 amide bonds. The Labute approximate surface area is 158 Å². The summed E-state index contributed by atoms with van der Waals surface area (Å²) in [6.45, 7) is 13.2. The molecule has 2 aliphatic rings. The maximum absolute atomic E-state index is 10.9. The summed E-state index contributed by atoms with van der Waals surface area (Å²) in [6, 6.07) is 0. The van der Waals surface area contributed by atoms with Crippen LogP contribution in [0.25, 0.3) is 0 Å². The molecule has 2 aliphatic carbocycles. The molecule has 4 heteroatoms. The molecule has 0 aliphatic heterocycles. The summed E-state index contributed by atoms with van der Waals surface area (Å²) >= 11 is 0. The van der Waals surface area contributed by atoms with Crippen molar-refractivity contribution in [2.24, 2.45) is 28.6 Å². The maximum atomic E-state index is 10.9. The summed E-state index contributed by atoms with van der Waals surface area (Å²) in [5, 5.41) is 0. The molecule has 0 aromatic carbocycles. The Balaban J connectivity index is 2.10. The van der Waals surface area contributed by atoms with Crippen LogP contribution < -0.4 is 0 Å². The molecular weight excluding hydrogens is 328 g/mol. The van der Waals surface area contributed by atoms with Crippen molar-refractivity contribution in [1.82, 2.24) is 0 Å². The van der Waals surface area contributed by atoms with Gasteiger partial charge in [-0.15, -0.1) is 0 Å². The van der Waals surface area contributed by atoms with Crippen LogP contribution in [0, 0.1) is 28.6 Å². The van der Waals surface area contributed by atoms with Gasteiger partial charge in [-0.3, -0.25) is 9.59 Å². The van der Waals surface area contributed by atoms with Crippen molar-refractivity contribution < 1.29 is 19.1 Å². The number of hydrogen-bond donors (Lipinski definition) is 0. The summed E-state index contributed by atoms with van der Waals surface area (Å²) in [4.78, 5) is 21.2. The van der Waals surface area contributed by atoms with Gasteiger partial charge in [0.1, 0.15) is 6.10 Å². The van der Waals surface area contributed by atoms with Crippen LogP contribution in [0.3, 0.4) is 0 Å². The molecule has 5 atom stereocenters. The first-order valence-corrected chi connectivity index (χ1v) is 10.1. The summed E-state index contributed by atoms with van der Waals surface area (Å²) < 4.78 is 10.3. The Kier molecular flexibility index (Phi) is 6.92. The fraction of sp³-hybridized carbons (Fsp3) is 0.818. The Morgan fingerprint density at radius 2 is 1.96 bits per heavy atom. The largest absolute Gasteiger partial charge is 0.468 e. The van der Waals surface area contributed by atoms with Gasteiger partial charge in [0.05, 0.1) is 6.61 Å². The number of ether oxygens (including phenoxy) is 2. The molecule has 0 radical (unpaired) electrons. The van der Waals surface area contributed by atoms with Crippen LogP contribution in [-0.2, 0) is 19.1 Å². The molecule has 1 saturated carbocycles. The standard InChI is InChI=1S/C22H36O4/c1-16(11-13-25-14-23)6-8-18-17(2)7-9-19-21(3,4)20(26-15-24)10-12-22(18,19)5/h7,14-16,18-20H,6,8-13H2,1-5H3. The summed E-state index contributed by atoms with van der Waals surface area (Å²) in [7, 11) is 0. The molecule has 0 bridgehead atoms. The average molecular weight is 365 g/mol. The van der Waals surface area contributed by atoms with Gasteiger partial charge < -0.3 is 9.47 Å². The molecule has 2 rings (SSSR count). The zero-order chi connectivity index (χ0) is 19.4. The minimum Gasteiger partial charge on any atom is -0.468 e. The maximum Gasteiger partial charge on any atom is 0.293 e. The lowest BCUT2D eigenvalue weighted by atomic mass is 9.47. The van der Waals surface area contributed by atoms with E-state index < -0.39 is 0 Å². The number of fused-ring (bicyclic) bond motifs is 1. The van der Waals surface area contributed by atoms with Crippen molar-refractivity contribution in [2.75, 3.05) is 6.61 Å². The summed E-state index contributed by atoms with van der Waals surface area (Å²) in [5.41, 5.74) is 1.77. The molecule has 148 valence electrons. The molecule has 0 N–H and O–H groups in total. The molecular formula is C22H36O4. The quantitative estimate of drug-likeness (QED) is 0.331. The van der Waals surface area contributed by atoms with Crippen LogP contribution in [0.4, 0.5) is 0 Å². The molecule has 0 spiro atoms. The second-order valence-electron chi connectivity index (χ2n) is 9.31. The van der Waals surface area contributed by atoms with Gasteiger partial charge in [0.15, 0.2) is 0 Å². The van der Waals surface area contributed by atoms with Gasteiger partial charge in [-0.2, -0.15) is 0 Å². The van der Waals surface area contributed by atoms with Crippen LogP contribution in [0.2, 0.25) is 0 Å². The smallest absolute Gasteiger partial charge is 0.293 e. The van der Waals surface area contributed by atoms with Crippen molar-refractivity contribution in [3.05, 3.63) is 11.6 Å². The van der Waals surface area contributed by atoms with E-state index in [9.17, 15) is 9.59 Å². The predicted molar refractivity (Wildman–Crippen MR) is 102 cm³/mol. The predicted octanol–water partition coefficient (Wildman–Crippen LogP) is 4.92. The lowest BCUT2D eigenvalue weighted by Crippen LogP contribution is -2.54. The van der Waals surface area contributed by atoms with E-state index in [1.807, 2.05) is 0 Å². The van der Waals surface area contributed by atoms with Gasteiger partial charge in [0, 0.05) is 5.41 Å². The molecule has 0 heterocycles. The van der Waals surface area contributed by atoms with E-state index in [1.165, 1.54) is 12.0 Å². The molecule has 1 fully saturated rings. The first-order valence-electron chi connectivity index (χ1n) is 10.1. The fourth-order valence-corrected chi connectivity index (χ4v) is 5.80. The number of carbonyl (C=O) groups is 2. The third-order valence-corrected chi connectivity index (χ3v) is 7.45. The van der Waals surface area contributed by atoms with E-state index in [-0.39, 0.29) is 16.9 Å². The zero-order valence-corrected chi connectivity index (χ0v) is 17.1. The monoisotopic (exact) mass is 364 g/mol. The van der Waals surface area contributed by atoms with Gasteiger partial charge in [-0.05, 0) is 68.6 Å². The Morgan fingerprint density at radius 1 is 1.23 bits per heavy atom. The lowest BCUT2D eigenvalue weighted by molar-refractivity contribution is -0.160. The zero-order valence-electron chi connectivity index (χ0n) is 17.1. The number of rotatable bonds is 9. The number of hydrogen-bond acceptors (Lipinski definition) is 4. The molecule has 26 heavy (non-hydrogen) atoms. The highest BCUT2D eigenvalue weighted by molar-refractivity contribution is 5.38. The van der Waals surface area contributed by atoms with Gasteiger partial charge in [0.2, 0.25) is 0 Å². The van der Waals surface area contributed by atoms with Gasteiger partial charge >= 0.3 is 0 Å². The van der Waals surface area contributed by atoms with E-state index in [0.717, 1.165) is 32.1 Å². The van der Waals surface area contributed by atoms with Crippen LogP contribution in [0.5, 0.6) is 0 Å². The molecule has 0 aromatic rings. The fourth-order valence-electron chi connectivity index (χ4n) is 5.80. The highest BCUT2D eigenvalue weighted by atomic mass is 16.5. The summed E-state index contributed by atoms with van der Waals surface area (Å²) in [6.07, 6.45) is 8.82. The average Bonchev–Trinajstić information content (AvgIpc) is 2.57. The SMILES string of the molecule is CC1=CCC2C(C)(C)C(OC=O)CCC2(C)C1CCC(C)CCOC=O. The van der Waals surface area contributed by atoms with Crippen molar-refractivity contribution in [3.8, 4) is 0 Å². The molecule has 0 saturated heterocycles. The molecule has 4 nitrogen and oxygen atoms in total. The lowest BCUT2D eigenvalue weighted by Gasteiger charge is -2.58. The van der Waals surface area contributed by atoms with E-state index in [1.54, 1.807) is 0 Å². The Morgan fingerprint density at radius 3 is 2.62 bits per heavy atom. The van der Waals surface area contributed by atoms with E-state index in [4.69, 9.17) is 9.47 Å². The molecule has 5 unspecified atom stereocenters. The van der Waals surface area contributed by atoms with E-state index in [2.05, 4.69) is 40.7 Å². The second kappa shape index (κ2) is 8.58. The summed E-state index contributed by atoms with van der Waals surface area (Å²) in [5.74, 6) is 1.65. The highest BCUT2D eigenvalue weighted by Gasteiger charge is 2.55. The first kappa shape index (κ1) is 21.0. The van der Waals surface area contributed by atoms with Gasteiger partial charge in [-0.1, -0.05) is 39.3 Å². The second-order valence-corrected chi connectivity index (χ2v) is 9.31. The van der Waals surface area contributed by atoms with Crippen LogP contribution in [-0.4, -0.2) is 25.7 Å². The molecule has 0 aromatic heterocycles. The Bertz CT molecular complexity index is 524. The minimum atomic E-state index is -0.00717. The van der Waals surface area contributed by atoms with Crippen molar-refractivity contribution >= 4 is 12.9 Å². The third-order valence-electron chi connectivity index (χ3n) is 7.45. The topological polar surface area (TPSA) is 52.6 Å². The number of allylic oxidation sites excluding steroid dienone is 2. The highest BCUT2D eigenvalue weighted by Crippen LogP contribution is 2.61. The van der Waals surface area contributed by atoms with Crippen LogP contribution >= 0.6 is 0 Å². The van der Waals surface area contributed by atoms with E-state index >= 15 is 0 Å². The third kappa shape index (κ3) is 4.15. The van der Waals surface area contributed by atoms with Crippen LogP contribution in [0.15, 0.2) is 11.6 Å². The van der Waals surface area contributed by atoms with Crippen LogP contribution in [0.1, 0.15) is 73.1 Å². The number of carbonyl (C=O) groups excluding carboxylic acids is 2. The van der Waals surface area contributed by atoms with Crippen molar-refractivity contribution in [2.45, 2.75) is 79.2 Å². The van der Waals surface area contributed by atoms with E-state index in [0.29, 0.717) is 37.3 Å².